The second-order valence-corrected chi connectivity index (χ2v) is 3.42. The Balaban J connectivity index is 2.39. The smallest absolute Gasteiger partial charge is 0.0914 e. The standard InChI is InChI=1S/C11H17NO2/c1-9(8-13)12-7-11(14)10-5-3-2-4-6-10/h2-6,9,11-14H,7-8H2,1H3/t9-,11-/m0/s1. The molecular weight excluding hydrogens is 178 g/mol. The molecule has 0 saturated heterocycles. The molecule has 0 bridgehead atoms. The average Bonchev–Trinajstić information content (AvgIpc) is 2.26. The predicted octanol–water partition coefficient (Wildman–Crippen LogP) is 0.690. The molecule has 0 aromatic heterocycles. The molecule has 0 spiro atoms. The van der Waals surface area contributed by atoms with Crippen LogP contribution in [0, 0.1) is 0 Å². The minimum atomic E-state index is -0.509. The Morgan fingerprint density at radius 1 is 1.29 bits per heavy atom. The van der Waals surface area contributed by atoms with E-state index in [2.05, 4.69) is 5.32 Å². The minimum absolute atomic E-state index is 0.0216. The van der Waals surface area contributed by atoms with Crippen molar-refractivity contribution >= 4 is 0 Å². The number of aliphatic hydroxyl groups is 2. The van der Waals surface area contributed by atoms with Crippen LogP contribution < -0.4 is 5.32 Å². The van der Waals surface area contributed by atoms with Gasteiger partial charge in [0.1, 0.15) is 0 Å². The summed E-state index contributed by atoms with van der Waals surface area (Å²) in [5, 5.41) is 21.5. The number of rotatable bonds is 5. The quantitative estimate of drug-likeness (QED) is 0.648. The summed E-state index contributed by atoms with van der Waals surface area (Å²) >= 11 is 0. The Morgan fingerprint density at radius 2 is 1.93 bits per heavy atom. The molecule has 0 heterocycles. The Bertz CT molecular complexity index is 251. The molecule has 0 aliphatic carbocycles. The third-order valence-electron chi connectivity index (χ3n) is 2.12. The van der Waals surface area contributed by atoms with E-state index in [0.29, 0.717) is 6.54 Å². The van der Waals surface area contributed by atoms with Crippen molar-refractivity contribution in [1.29, 1.82) is 0 Å². The van der Waals surface area contributed by atoms with Crippen LogP contribution in [0.25, 0.3) is 0 Å². The lowest BCUT2D eigenvalue weighted by Gasteiger charge is -2.15. The molecule has 3 nitrogen and oxygen atoms in total. The van der Waals surface area contributed by atoms with Gasteiger partial charge in [0.2, 0.25) is 0 Å². The highest BCUT2D eigenvalue weighted by Gasteiger charge is 2.07. The second kappa shape index (κ2) is 5.75. The molecule has 1 rings (SSSR count). The number of hydrogen-bond acceptors (Lipinski definition) is 3. The van der Waals surface area contributed by atoms with Crippen molar-refractivity contribution in [3.63, 3.8) is 0 Å². The van der Waals surface area contributed by atoms with E-state index in [1.54, 1.807) is 0 Å². The summed E-state index contributed by atoms with van der Waals surface area (Å²) < 4.78 is 0. The van der Waals surface area contributed by atoms with E-state index in [0.717, 1.165) is 5.56 Å². The lowest BCUT2D eigenvalue weighted by molar-refractivity contribution is 0.161. The van der Waals surface area contributed by atoms with E-state index in [-0.39, 0.29) is 12.6 Å². The number of hydrogen-bond donors (Lipinski definition) is 3. The van der Waals surface area contributed by atoms with Crippen LogP contribution >= 0.6 is 0 Å². The second-order valence-electron chi connectivity index (χ2n) is 3.42. The molecule has 14 heavy (non-hydrogen) atoms. The van der Waals surface area contributed by atoms with Gasteiger partial charge in [-0.1, -0.05) is 30.3 Å². The topological polar surface area (TPSA) is 52.5 Å². The van der Waals surface area contributed by atoms with Crippen molar-refractivity contribution < 1.29 is 10.2 Å². The zero-order valence-corrected chi connectivity index (χ0v) is 8.35. The van der Waals surface area contributed by atoms with Crippen molar-refractivity contribution in [2.75, 3.05) is 13.2 Å². The van der Waals surface area contributed by atoms with Crippen LogP contribution in [-0.4, -0.2) is 29.4 Å². The third-order valence-corrected chi connectivity index (χ3v) is 2.12. The van der Waals surface area contributed by atoms with E-state index < -0.39 is 6.10 Å². The fourth-order valence-electron chi connectivity index (χ4n) is 1.17. The van der Waals surface area contributed by atoms with Gasteiger partial charge in [0.25, 0.3) is 0 Å². The summed E-state index contributed by atoms with van der Waals surface area (Å²) in [4.78, 5) is 0. The molecule has 0 unspecified atom stereocenters. The van der Waals surface area contributed by atoms with Crippen LogP contribution in [0.4, 0.5) is 0 Å². The van der Waals surface area contributed by atoms with E-state index in [9.17, 15) is 5.11 Å². The molecule has 3 N–H and O–H groups in total. The largest absolute Gasteiger partial charge is 0.395 e. The van der Waals surface area contributed by atoms with Crippen molar-refractivity contribution in [1.82, 2.24) is 5.32 Å². The van der Waals surface area contributed by atoms with Crippen LogP contribution in [0.2, 0.25) is 0 Å². The molecule has 0 saturated carbocycles. The van der Waals surface area contributed by atoms with Gasteiger partial charge in [-0.2, -0.15) is 0 Å². The lowest BCUT2D eigenvalue weighted by atomic mass is 10.1. The number of nitrogens with one attached hydrogen (secondary N) is 1. The monoisotopic (exact) mass is 195 g/mol. The molecule has 0 radical (unpaired) electrons. The maximum atomic E-state index is 9.72. The van der Waals surface area contributed by atoms with E-state index >= 15 is 0 Å². The molecule has 0 fully saturated rings. The van der Waals surface area contributed by atoms with Crippen LogP contribution in [-0.2, 0) is 0 Å². The zero-order chi connectivity index (χ0) is 10.4. The molecule has 2 atom stereocenters. The first-order chi connectivity index (χ1) is 6.74. The molecule has 1 aromatic rings. The van der Waals surface area contributed by atoms with Gasteiger partial charge in [-0.3, -0.25) is 0 Å². The van der Waals surface area contributed by atoms with Crippen molar-refractivity contribution in [3.8, 4) is 0 Å². The van der Waals surface area contributed by atoms with Gasteiger partial charge in [0.05, 0.1) is 12.7 Å². The van der Waals surface area contributed by atoms with Gasteiger partial charge in [-0.25, -0.2) is 0 Å². The van der Waals surface area contributed by atoms with E-state index in [1.807, 2.05) is 37.3 Å². The van der Waals surface area contributed by atoms with Gasteiger partial charge < -0.3 is 15.5 Å². The first-order valence-corrected chi connectivity index (χ1v) is 4.81. The summed E-state index contributed by atoms with van der Waals surface area (Å²) in [5.41, 5.74) is 0.894. The zero-order valence-electron chi connectivity index (χ0n) is 8.35. The molecule has 0 aliphatic heterocycles. The highest BCUT2D eigenvalue weighted by Crippen LogP contribution is 2.10. The first-order valence-electron chi connectivity index (χ1n) is 4.81. The van der Waals surface area contributed by atoms with Gasteiger partial charge in [0, 0.05) is 12.6 Å². The first kappa shape index (κ1) is 11.2. The summed E-state index contributed by atoms with van der Waals surface area (Å²) in [6, 6.07) is 9.50. The van der Waals surface area contributed by atoms with Gasteiger partial charge in [-0.15, -0.1) is 0 Å². The van der Waals surface area contributed by atoms with Gasteiger partial charge >= 0.3 is 0 Å². The van der Waals surface area contributed by atoms with Gasteiger partial charge in [-0.05, 0) is 12.5 Å². The molecule has 0 amide bonds. The van der Waals surface area contributed by atoms with Crippen molar-refractivity contribution in [2.45, 2.75) is 19.1 Å². The van der Waals surface area contributed by atoms with E-state index in [4.69, 9.17) is 5.11 Å². The number of benzene rings is 1. The normalized spacial score (nSPS) is 15.1. The molecule has 3 heteroatoms. The lowest BCUT2D eigenvalue weighted by Crippen LogP contribution is -2.32. The summed E-state index contributed by atoms with van der Waals surface area (Å²) in [7, 11) is 0. The average molecular weight is 195 g/mol. The summed E-state index contributed by atoms with van der Waals surface area (Å²) in [5.74, 6) is 0. The highest BCUT2D eigenvalue weighted by atomic mass is 16.3. The van der Waals surface area contributed by atoms with Gasteiger partial charge in [0.15, 0.2) is 0 Å². The SMILES string of the molecule is C[C@@H](CO)NC[C@H](O)c1ccccc1. The van der Waals surface area contributed by atoms with Crippen LogP contribution in [0.15, 0.2) is 30.3 Å². The summed E-state index contributed by atoms with van der Waals surface area (Å²) in [6.07, 6.45) is -0.509. The van der Waals surface area contributed by atoms with Crippen molar-refractivity contribution in [3.05, 3.63) is 35.9 Å². The Hall–Kier alpha value is -0.900. The molecule has 0 aliphatic rings. The fraction of sp³-hybridized carbons (Fsp3) is 0.455. The Labute approximate surface area is 84.4 Å². The van der Waals surface area contributed by atoms with Crippen LogP contribution in [0.3, 0.4) is 0 Å². The molecule has 78 valence electrons. The highest BCUT2D eigenvalue weighted by molar-refractivity contribution is 5.17. The fourth-order valence-corrected chi connectivity index (χ4v) is 1.17. The number of aliphatic hydroxyl groups excluding tert-OH is 2. The van der Waals surface area contributed by atoms with Crippen molar-refractivity contribution in [2.24, 2.45) is 0 Å². The maximum absolute atomic E-state index is 9.72. The molecular formula is C11H17NO2. The maximum Gasteiger partial charge on any atom is 0.0914 e. The predicted molar refractivity (Wildman–Crippen MR) is 56.0 cm³/mol. The van der Waals surface area contributed by atoms with Crippen LogP contribution in [0.1, 0.15) is 18.6 Å². The van der Waals surface area contributed by atoms with Crippen LogP contribution in [0.5, 0.6) is 0 Å². The molecule has 1 aromatic carbocycles. The Morgan fingerprint density at radius 3 is 2.50 bits per heavy atom. The Kier molecular flexibility index (Phi) is 4.59. The van der Waals surface area contributed by atoms with E-state index in [1.165, 1.54) is 0 Å². The third kappa shape index (κ3) is 3.46. The minimum Gasteiger partial charge on any atom is -0.395 e. The summed E-state index contributed by atoms with van der Waals surface area (Å²) in [6.45, 7) is 2.42.